The third-order valence-electron chi connectivity index (χ3n) is 2.85. The SMILES string of the molecule is C[C@@H](O)c1ccc(OCOCc2ccccc2)c(Cl)c1. The Kier molecular flexibility index (Phi) is 5.41. The van der Waals surface area contributed by atoms with E-state index in [1.54, 1.807) is 25.1 Å². The average Bonchev–Trinajstić information content (AvgIpc) is 2.46. The molecule has 0 saturated carbocycles. The van der Waals surface area contributed by atoms with E-state index in [2.05, 4.69) is 0 Å². The van der Waals surface area contributed by atoms with Crippen LogP contribution in [-0.2, 0) is 11.3 Å². The zero-order valence-corrected chi connectivity index (χ0v) is 12.0. The molecule has 1 atom stereocenters. The molecule has 20 heavy (non-hydrogen) atoms. The molecule has 0 heterocycles. The number of halogens is 1. The Bertz CT molecular complexity index is 541. The molecule has 0 fully saturated rings. The topological polar surface area (TPSA) is 38.7 Å². The van der Waals surface area contributed by atoms with Crippen molar-refractivity contribution in [3.05, 3.63) is 64.7 Å². The summed E-state index contributed by atoms with van der Waals surface area (Å²) in [7, 11) is 0. The number of benzene rings is 2. The fourth-order valence-corrected chi connectivity index (χ4v) is 1.98. The van der Waals surface area contributed by atoms with Crippen molar-refractivity contribution in [3.63, 3.8) is 0 Å². The normalized spacial score (nSPS) is 12.2. The van der Waals surface area contributed by atoms with Crippen molar-refractivity contribution in [2.24, 2.45) is 0 Å². The molecule has 106 valence electrons. The first-order valence-electron chi connectivity index (χ1n) is 6.39. The van der Waals surface area contributed by atoms with Gasteiger partial charge in [-0.3, -0.25) is 0 Å². The van der Waals surface area contributed by atoms with E-state index >= 15 is 0 Å². The zero-order valence-electron chi connectivity index (χ0n) is 11.3. The lowest BCUT2D eigenvalue weighted by Gasteiger charge is -2.11. The fourth-order valence-electron chi connectivity index (χ4n) is 1.73. The highest BCUT2D eigenvalue weighted by atomic mass is 35.5. The Morgan fingerprint density at radius 1 is 1.15 bits per heavy atom. The van der Waals surface area contributed by atoms with Crippen LogP contribution in [0.4, 0.5) is 0 Å². The van der Waals surface area contributed by atoms with E-state index in [0.29, 0.717) is 17.4 Å². The number of hydrogen-bond acceptors (Lipinski definition) is 3. The first-order chi connectivity index (χ1) is 9.66. The Balaban J connectivity index is 1.82. The van der Waals surface area contributed by atoms with Gasteiger partial charge in [0.1, 0.15) is 5.75 Å². The van der Waals surface area contributed by atoms with Crippen LogP contribution in [-0.4, -0.2) is 11.9 Å². The number of aliphatic hydroxyl groups excluding tert-OH is 1. The van der Waals surface area contributed by atoms with Crippen molar-refractivity contribution < 1.29 is 14.6 Å². The van der Waals surface area contributed by atoms with Gasteiger partial charge in [-0.2, -0.15) is 0 Å². The number of ether oxygens (including phenoxy) is 2. The number of hydrogen-bond donors (Lipinski definition) is 1. The second kappa shape index (κ2) is 7.29. The Labute approximate surface area is 123 Å². The van der Waals surface area contributed by atoms with E-state index in [4.69, 9.17) is 21.1 Å². The molecular formula is C16H17ClO3. The van der Waals surface area contributed by atoms with Gasteiger partial charge in [0.25, 0.3) is 0 Å². The molecule has 0 saturated heterocycles. The van der Waals surface area contributed by atoms with Crippen molar-refractivity contribution in [2.75, 3.05) is 6.79 Å². The zero-order chi connectivity index (χ0) is 14.4. The molecule has 0 unspecified atom stereocenters. The van der Waals surface area contributed by atoms with Crippen LogP contribution in [0, 0.1) is 0 Å². The second-order valence-corrected chi connectivity index (χ2v) is 4.87. The van der Waals surface area contributed by atoms with E-state index < -0.39 is 6.10 Å². The van der Waals surface area contributed by atoms with E-state index in [9.17, 15) is 5.11 Å². The standard InChI is InChI=1S/C16H17ClO3/c1-12(18)14-7-8-16(15(17)9-14)20-11-19-10-13-5-3-2-4-6-13/h2-9,12,18H,10-11H2,1H3/t12-/m1/s1. The molecule has 1 N–H and O–H groups in total. The summed E-state index contributed by atoms with van der Waals surface area (Å²) in [5.41, 5.74) is 1.85. The minimum atomic E-state index is -0.545. The van der Waals surface area contributed by atoms with Crippen LogP contribution < -0.4 is 4.74 Å². The molecule has 2 rings (SSSR count). The molecule has 0 spiro atoms. The summed E-state index contributed by atoms with van der Waals surface area (Å²) in [6.07, 6.45) is -0.545. The molecule has 2 aromatic carbocycles. The summed E-state index contributed by atoms with van der Waals surface area (Å²) in [6, 6.07) is 15.1. The monoisotopic (exact) mass is 292 g/mol. The summed E-state index contributed by atoms with van der Waals surface area (Å²) in [5, 5.41) is 9.92. The maximum absolute atomic E-state index is 9.46. The van der Waals surface area contributed by atoms with Gasteiger partial charge >= 0.3 is 0 Å². The summed E-state index contributed by atoms with van der Waals surface area (Å²) >= 11 is 6.08. The van der Waals surface area contributed by atoms with Crippen molar-refractivity contribution in [1.82, 2.24) is 0 Å². The molecule has 0 radical (unpaired) electrons. The molecule has 0 aromatic heterocycles. The van der Waals surface area contributed by atoms with Crippen LogP contribution in [0.3, 0.4) is 0 Å². The predicted octanol–water partition coefficient (Wildman–Crippen LogP) is 3.95. The van der Waals surface area contributed by atoms with Crippen LogP contribution in [0.1, 0.15) is 24.2 Å². The van der Waals surface area contributed by atoms with Crippen LogP contribution in [0.15, 0.2) is 48.5 Å². The van der Waals surface area contributed by atoms with Gasteiger partial charge in [-0.15, -0.1) is 0 Å². The van der Waals surface area contributed by atoms with Gasteiger partial charge in [-0.05, 0) is 30.2 Å². The Morgan fingerprint density at radius 3 is 2.55 bits per heavy atom. The summed E-state index contributed by atoms with van der Waals surface area (Å²) < 4.78 is 10.9. The highest BCUT2D eigenvalue weighted by Crippen LogP contribution is 2.27. The predicted molar refractivity (Wildman–Crippen MR) is 78.8 cm³/mol. The lowest BCUT2D eigenvalue weighted by molar-refractivity contribution is 0.00507. The fraction of sp³-hybridized carbons (Fsp3) is 0.250. The van der Waals surface area contributed by atoms with Gasteiger partial charge in [0.05, 0.1) is 17.7 Å². The minimum absolute atomic E-state index is 0.128. The van der Waals surface area contributed by atoms with Gasteiger partial charge < -0.3 is 14.6 Å². The van der Waals surface area contributed by atoms with E-state index in [0.717, 1.165) is 11.1 Å². The molecule has 3 nitrogen and oxygen atoms in total. The van der Waals surface area contributed by atoms with Gasteiger partial charge in [-0.1, -0.05) is 48.0 Å². The quantitative estimate of drug-likeness (QED) is 0.647. The van der Waals surface area contributed by atoms with Crippen LogP contribution in [0.2, 0.25) is 5.02 Å². The third-order valence-corrected chi connectivity index (χ3v) is 3.14. The molecule has 0 amide bonds. The van der Waals surface area contributed by atoms with Crippen LogP contribution in [0.5, 0.6) is 5.75 Å². The molecule has 0 bridgehead atoms. The second-order valence-electron chi connectivity index (χ2n) is 4.46. The molecule has 0 aliphatic rings. The van der Waals surface area contributed by atoms with E-state index in [-0.39, 0.29) is 6.79 Å². The minimum Gasteiger partial charge on any atom is -0.466 e. The van der Waals surface area contributed by atoms with Crippen molar-refractivity contribution in [1.29, 1.82) is 0 Å². The molecule has 0 aliphatic carbocycles. The Morgan fingerprint density at radius 2 is 1.90 bits per heavy atom. The van der Waals surface area contributed by atoms with Crippen LogP contribution >= 0.6 is 11.6 Å². The smallest absolute Gasteiger partial charge is 0.189 e. The van der Waals surface area contributed by atoms with E-state index in [1.165, 1.54) is 0 Å². The van der Waals surface area contributed by atoms with Gasteiger partial charge in [0.15, 0.2) is 6.79 Å². The summed E-state index contributed by atoms with van der Waals surface area (Å²) in [6.45, 7) is 2.31. The van der Waals surface area contributed by atoms with Crippen molar-refractivity contribution >= 4 is 11.6 Å². The van der Waals surface area contributed by atoms with Crippen molar-refractivity contribution in [2.45, 2.75) is 19.6 Å². The van der Waals surface area contributed by atoms with Gasteiger partial charge in [0.2, 0.25) is 0 Å². The third kappa shape index (κ3) is 4.23. The summed E-state index contributed by atoms with van der Waals surface area (Å²) in [5.74, 6) is 0.545. The molecule has 0 aliphatic heterocycles. The molecule has 2 aromatic rings. The Hall–Kier alpha value is -1.55. The van der Waals surface area contributed by atoms with Gasteiger partial charge in [0, 0.05) is 0 Å². The lowest BCUT2D eigenvalue weighted by Crippen LogP contribution is -2.03. The maximum Gasteiger partial charge on any atom is 0.189 e. The average molecular weight is 293 g/mol. The lowest BCUT2D eigenvalue weighted by atomic mass is 10.1. The number of aliphatic hydroxyl groups is 1. The molecule has 4 heteroatoms. The summed E-state index contributed by atoms with van der Waals surface area (Å²) in [4.78, 5) is 0. The highest BCUT2D eigenvalue weighted by molar-refractivity contribution is 6.32. The van der Waals surface area contributed by atoms with Crippen molar-refractivity contribution in [3.8, 4) is 5.75 Å². The first-order valence-corrected chi connectivity index (χ1v) is 6.76. The van der Waals surface area contributed by atoms with E-state index in [1.807, 2.05) is 30.3 Å². The number of rotatable bonds is 6. The first kappa shape index (κ1) is 14.9. The molecular weight excluding hydrogens is 276 g/mol. The largest absolute Gasteiger partial charge is 0.466 e. The maximum atomic E-state index is 9.46. The highest BCUT2D eigenvalue weighted by Gasteiger charge is 2.06. The van der Waals surface area contributed by atoms with Gasteiger partial charge in [-0.25, -0.2) is 0 Å². The van der Waals surface area contributed by atoms with Crippen LogP contribution in [0.25, 0.3) is 0 Å².